The molecule has 1 aliphatic rings. The summed E-state index contributed by atoms with van der Waals surface area (Å²) in [5.41, 5.74) is 5.21. The van der Waals surface area contributed by atoms with Crippen LogP contribution in [0, 0.1) is 5.92 Å². The summed E-state index contributed by atoms with van der Waals surface area (Å²) in [7, 11) is 0. The van der Waals surface area contributed by atoms with Crippen molar-refractivity contribution in [1.29, 1.82) is 0 Å². The zero-order chi connectivity index (χ0) is 11.5. The van der Waals surface area contributed by atoms with Crippen LogP contribution in [0.2, 0.25) is 0 Å². The van der Waals surface area contributed by atoms with Gasteiger partial charge >= 0.3 is 6.09 Å². The van der Waals surface area contributed by atoms with E-state index in [1.807, 2.05) is 20.8 Å². The average molecular weight is 251 g/mol. The van der Waals surface area contributed by atoms with E-state index in [0.29, 0.717) is 12.5 Å². The van der Waals surface area contributed by atoms with Gasteiger partial charge in [-0.25, -0.2) is 4.79 Å². The third kappa shape index (κ3) is 5.03. The van der Waals surface area contributed by atoms with Crippen molar-refractivity contribution in [2.75, 3.05) is 6.54 Å². The largest absolute Gasteiger partial charge is 0.444 e. The van der Waals surface area contributed by atoms with Crippen LogP contribution in [-0.2, 0) is 4.74 Å². The summed E-state index contributed by atoms with van der Waals surface area (Å²) in [5, 5.41) is 2.90. The first-order valence-electron chi connectivity index (χ1n) is 5.62. The molecule has 2 atom stereocenters. The molecule has 1 aliphatic carbocycles. The van der Waals surface area contributed by atoms with Gasteiger partial charge in [-0.3, -0.25) is 0 Å². The van der Waals surface area contributed by atoms with Crippen molar-refractivity contribution in [3.8, 4) is 0 Å². The minimum atomic E-state index is -0.430. The molecule has 1 fully saturated rings. The number of ether oxygens (including phenoxy) is 1. The number of nitrogens with one attached hydrogen (secondary N) is 1. The van der Waals surface area contributed by atoms with Crippen molar-refractivity contribution < 1.29 is 9.53 Å². The normalized spacial score (nSPS) is 24.8. The highest BCUT2D eigenvalue weighted by Crippen LogP contribution is 2.24. The first-order valence-corrected chi connectivity index (χ1v) is 5.62. The molecule has 0 radical (unpaired) electrons. The van der Waals surface area contributed by atoms with Crippen molar-refractivity contribution in [2.45, 2.75) is 51.7 Å². The van der Waals surface area contributed by atoms with Gasteiger partial charge in [0.1, 0.15) is 5.60 Å². The lowest BCUT2D eigenvalue weighted by molar-refractivity contribution is 0.0494. The second-order valence-corrected chi connectivity index (χ2v) is 5.18. The lowest BCUT2D eigenvalue weighted by Crippen LogP contribution is -2.42. The van der Waals surface area contributed by atoms with Gasteiger partial charge in [0, 0.05) is 6.04 Å². The third-order valence-corrected chi connectivity index (χ3v) is 2.66. The molecular weight excluding hydrogens is 228 g/mol. The Morgan fingerprint density at radius 3 is 2.56 bits per heavy atom. The molecule has 0 aromatic carbocycles. The molecule has 2 unspecified atom stereocenters. The second-order valence-electron chi connectivity index (χ2n) is 5.18. The summed E-state index contributed by atoms with van der Waals surface area (Å²) < 4.78 is 5.20. The van der Waals surface area contributed by atoms with Crippen molar-refractivity contribution >= 4 is 18.5 Å². The van der Waals surface area contributed by atoms with Crippen molar-refractivity contribution in [1.82, 2.24) is 5.32 Å². The fourth-order valence-corrected chi connectivity index (χ4v) is 1.97. The van der Waals surface area contributed by atoms with Gasteiger partial charge in [-0.2, -0.15) is 0 Å². The summed E-state index contributed by atoms with van der Waals surface area (Å²) in [4.78, 5) is 11.5. The number of carbonyl (C=O) groups is 1. The van der Waals surface area contributed by atoms with Crippen LogP contribution >= 0.6 is 12.4 Å². The Morgan fingerprint density at radius 2 is 2.06 bits per heavy atom. The zero-order valence-corrected chi connectivity index (χ0v) is 11.1. The van der Waals surface area contributed by atoms with Crippen LogP contribution in [-0.4, -0.2) is 24.3 Å². The maximum absolute atomic E-state index is 11.5. The quantitative estimate of drug-likeness (QED) is 0.789. The zero-order valence-electron chi connectivity index (χ0n) is 10.3. The molecule has 1 rings (SSSR count). The molecule has 0 aromatic heterocycles. The number of amides is 1. The van der Waals surface area contributed by atoms with E-state index in [9.17, 15) is 4.79 Å². The Bertz CT molecular complexity index is 229. The molecule has 0 aliphatic heterocycles. The lowest BCUT2D eigenvalue weighted by atomic mass is 10.0. The molecule has 1 amide bonds. The number of hydrogen-bond donors (Lipinski definition) is 2. The Balaban J connectivity index is 0.00000225. The number of rotatable bonds is 2. The number of alkyl carbamates (subject to hydrolysis) is 1. The van der Waals surface area contributed by atoms with Crippen LogP contribution in [0.1, 0.15) is 40.0 Å². The fourth-order valence-electron chi connectivity index (χ4n) is 1.97. The van der Waals surface area contributed by atoms with Gasteiger partial charge in [-0.15, -0.1) is 12.4 Å². The fraction of sp³-hybridized carbons (Fsp3) is 0.909. The van der Waals surface area contributed by atoms with Gasteiger partial charge in [0.25, 0.3) is 0 Å². The van der Waals surface area contributed by atoms with E-state index in [-0.39, 0.29) is 24.5 Å². The predicted molar refractivity (Wildman–Crippen MR) is 66.8 cm³/mol. The van der Waals surface area contributed by atoms with E-state index in [4.69, 9.17) is 10.5 Å². The SMILES string of the molecule is CC(C)(C)OC(=O)NC1CCCC1CN.Cl. The molecule has 0 saturated heterocycles. The maximum Gasteiger partial charge on any atom is 0.407 e. The Kier molecular flexibility index (Phi) is 6.11. The molecule has 3 N–H and O–H groups in total. The van der Waals surface area contributed by atoms with E-state index in [1.165, 1.54) is 0 Å². The molecule has 4 nitrogen and oxygen atoms in total. The van der Waals surface area contributed by atoms with Gasteiger partial charge in [0.15, 0.2) is 0 Å². The molecule has 0 heterocycles. The highest BCUT2D eigenvalue weighted by molar-refractivity contribution is 5.85. The first-order chi connectivity index (χ1) is 6.92. The van der Waals surface area contributed by atoms with Crippen LogP contribution in [0.25, 0.3) is 0 Å². The molecular formula is C11H23ClN2O2. The summed E-state index contributed by atoms with van der Waals surface area (Å²) >= 11 is 0. The minimum Gasteiger partial charge on any atom is -0.444 e. The van der Waals surface area contributed by atoms with E-state index in [1.54, 1.807) is 0 Å². The number of halogens is 1. The lowest BCUT2D eigenvalue weighted by Gasteiger charge is -2.24. The van der Waals surface area contributed by atoms with E-state index in [2.05, 4.69) is 5.32 Å². The molecule has 5 heteroatoms. The highest BCUT2D eigenvalue weighted by atomic mass is 35.5. The van der Waals surface area contributed by atoms with Crippen LogP contribution in [0.15, 0.2) is 0 Å². The molecule has 0 aromatic rings. The van der Waals surface area contributed by atoms with Gasteiger partial charge in [-0.1, -0.05) is 6.42 Å². The topological polar surface area (TPSA) is 64.3 Å². The number of carbonyl (C=O) groups excluding carboxylic acids is 1. The van der Waals surface area contributed by atoms with Gasteiger partial charge in [0.2, 0.25) is 0 Å². The Morgan fingerprint density at radius 1 is 1.44 bits per heavy atom. The van der Waals surface area contributed by atoms with Gasteiger partial charge in [-0.05, 0) is 46.1 Å². The van der Waals surface area contributed by atoms with Crippen LogP contribution < -0.4 is 11.1 Å². The van der Waals surface area contributed by atoms with Crippen molar-refractivity contribution in [3.05, 3.63) is 0 Å². The van der Waals surface area contributed by atoms with Crippen molar-refractivity contribution in [2.24, 2.45) is 11.7 Å². The first kappa shape index (κ1) is 15.5. The summed E-state index contributed by atoms with van der Waals surface area (Å²) in [6, 6.07) is 0.199. The smallest absolute Gasteiger partial charge is 0.407 e. The van der Waals surface area contributed by atoms with Gasteiger partial charge in [0.05, 0.1) is 0 Å². The average Bonchev–Trinajstić information content (AvgIpc) is 2.48. The second kappa shape index (κ2) is 6.30. The molecule has 0 spiro atoms. The molecule has 0 bridgehead atoms. The Labute approximate surface area is 104 Å². The summed E-state index contributed by atoms with van der Waals surface area (Å²) in [6.07, 6.45) is 2.94. The number of nitrogens with two attached hydrogens (primary N) is 1. The minimum absolute atomic E-state index is 0. The van der Waals surface area contributed by atoms with E-state index >= 15 is 0 Å². The van der Waals surface area contributed by atoms with Crippen LogP contribution in [0.4, 0.5) is 4.79 Å². The predicted octanol–water partition coefficient (Wildman–Crippen LogP) is 2.06. The number of hydrogen-bond acceptors (Lipinski definition) is 3. The molecule has 16 heavy (non-hydrogen) atoms. The molecule has 96 valence electrons. The van der Waals surface area contributed by atoms with Crippen molar-refractivity contribution in [3.63, 3.8) is 0 Å². The summed E-state index contributed by atoms with van der Waals surface area (Å²) in [5.74, 6) is 0.414. The van der Waals surface area contributed by atoms with Crippen LogP contribution in [0.3, 0.4) is 0 Å². The Hall–Kier alpha value is -0.480. The standard InChI is InChI=1S/C11H22N2O2.ClH/c1-11(2,3)15-10(14)13-9-6-4-5-8(9)7-12;/h8-9H,4-7,12H2,1-3H3,(H,13,14);1H. The maximum atomic E-state index is 11.5. The highest BCUT2D eigenvalue weighted by Gasteiger charge is 2.28. The van der Waals surface area contributed by atoms with Crippen LogP contribution in [0.5, 0.6) is 0 Å². The molecule has 1 saturated carbocycles. The van der Waals surface area contributed by atoms with E-state index < -0.39 is 5.60 Å². The monoisotopic (exact) mass is 250 g/mol. The van der Waals surface area contributed by atoms with Gasteiger partial charge < -0.3 is 15.8 Å². The third-order valence-electron chi connectivity index (χ3n) is 2.66. The summed E-state index contributed by atoms with van der Waals surface area (Å²) in [6.45, 7) is 6.23. The van der Waals surface area contributed by atoms with E-state index in [0.717, 1.165) is 19.3 Å².